The molecule has 5 rings (SSSR count). The van der Waals surface area contributed by atoms with Crippen LogP contribution in [-0.2, 0) is 0 Å². The Morgan fingerprint density at radius 3 is 0.812 bits per heavy atom. The predicted molar refractivity (Wildman–Crippen MR) is 156 cm³/mol. The minimum Gasteiger partial charge on any atom is -0.478 e. The number of aromatic carboxylic acids is 4. The number of carbonyl (C=O) groups is 4. The zero-order chi connectivity index (χ0) is 35.2. The second-order valence-corrected chi connectivity index (χ2v) is 11.1. The van der Waals surface area contributed by atoms with E-state index < -0.39 is 128 Å². The van der Waals surface area contributed by atoms with E-state index in [9.17, 15) is 49.8 Å². The van der Waals surface area contributed by atoms with Crippen molar-refractivity contribution < 1.29 is 67.4 Å². The Morgan fingerprint density at radius 1 is 0.396 bits per heavy atom. The van der Waals surface area contributed by atoms with Crippen LogP contribution < -0.4 is 0 Å². The van der Waals surface area contributed by atoms with Crippen molar-refractivity contribution >= 4 is 23.9 Å². The zero-order valence-corrected chi connectivity index (χ0v) is 24.2. The zero-order valence-electron chi connectivity index (χ0n) is 24.2. The Hall–Kier alpha value is -5.60. The number of rotatable bonds is 8. The molecular weight excluding hydrogens is 644 g/mol. The van der Waals surface area contributed by atoms with E-state index in [-0.39, 0.29) is 0 Å². The molecule has 0 aromatic heterocycles. The van der Waals surface area contributed by atoms with Crippen LogP contribution in [0.2, 0.25) is 0 Å². The molecule has 6 atom stereocenters. The maximum absolute atomic E-state index is 16.3. The summed E-state index contributed by atoms with van der Waals surface area (Å²) in [5.41, 5.74) is -6.21. The Labute approximate surface area is 267 Å². The standard InChI is InChI=1S/C34H24F4O10/c35-25-13(5-1-9-17(25)31(41)42)21-22(14-6-2-10-18(26(14)36)32(43)44)24(16-8-4-12-20(28(16)38)34(47)48)30(40)29(39)23(21)15-7-3-11-19(27(15)37)33(45)46/h1-12,21-24,29-30,39-40H,(H,41,42)(H,43,44)(H,45,46)(H,47,48)/t21-,22+,23-,24+,29-,30+. The molecule has 0 aliphatic heterocycles. The highest BCUT2D eigenvalue weighted by molar-refractivity contribution is 5.90. The average molecular weight is 669 g/mol. The summed E-state index contributed by atoms with van der Waals surface area (Å²) >= 11 is 0. The molecule has 1 fully saturated rings. The van der Waals surface area contributed by atoms with Gasteiger partial charge in [0.1, 0.15) is 23.3 Å². The summed E-state index contributed by atoms with van der Waals surface area (Å²) in [6.07, 6.45) is -4.50. The van der Waals surface area contributed by atoms with Crippen LogP contribution in [0, 0.1) is 23.3 Å². The number of aliphatic hydroxyl groups excluding tert-OH is 2. The van der Waals surface area contributed by atoms with Gasteiger partial charge in [0.2, 0.25) is 0 Å². The molecule has 1 aliphatic rings. The lowest BCUT2D eigenvalue weighted by Crippen LogP contribution is -2.49. The van der Waals surface area contributed by atoms with E-state index in [0.29, 0.717) is 0 Å². The van der Waals surface area contributed by atoms with Crippen LogP contribution >= 0.6 is 0 Å². The number of carboxylic acids is 4. The van der Waals surface area contributed by atoms with E-state index in [0.717, 1.165) is 72.8 Å². The first-order valence-electron chi connectivity index (χ1n) is 14.1. The van der Waals surface area contributed by atoms with Gasteiger partial charge in [-0.05, 0) is 46.5 Å². The summed E-state index contributed by atoms with van der Waals surface area (Å²) < 4.78 is 64.4. The predicted octanol–water partition coefficient (Wildman–Crippen LogP) is 5.21. The molecule has 0 unspecified atom stereocenters. The summed E-state index contributed by atoms with van der Waals surface area (Å²) in [6.45, 7) is 0. The summed E-state index contributed by atoms with van der Waals surface area (Å²) in [6, 6.07) is 11.8. The lowest BCUT2D eigenvalue weighted by atomic mass is 9.56. The van der Waals surface area contributed by atoms with Crippen LogP contribution in [-0.4, -0.2) is 66.7 Å². The molecule has 4 aromatic carbocycles. The van der Waals surface area contributed by atoms with E-state index in [2.05, 4.69) is 0 Å². The second kappa shape index (κ2) is 12.9. The third kappa shape index (κ3) is 5.54. The minimum absolute atomic E-state index is 0.629. The van der Waals surface area contributed by atoms with E-state index in [1.165, 1.54) is 0 Å². The maximum Gasteiger partial charge on any atom is 0.338 e. The van der Waals surface area contributed by atoms with Gasteiger partial charge in [0.15, 0.2) is 0 Å². The number of benzene rings is 4. The Morgan fingerprint density at radius 2 is 0.604 bits per heavy atom. The average Bonchev–Trinajstić information content (AvgIpc) is 3.02. The lowest BCUT2D eigenvalue weighted by molar-refractivity contribution is -0.0537. The number of carboxylic acid groups (broad SMARTS) is 4. The molecule has 0 bridgehead atoms. The summed E-state index contributed by atoms with van der Waals surface area (Å²) in [4.78, 5) is 47.6. The van der Waals surface area contributed by atoms with Gasteiger partial charge in [0, 0.05) is 23.7 Å². The summed E-state index contributed by atoms with van der Waals surface area (Å²) in [5, 5.41) is 62.0. The number of hydrogen-bond donors (Lipinski definition) is 6. The molecule has 48 heavy (non-hydrogen) atoms. The van der Waals surface area contributed by atoms with Crippen molar-refractivity contribution in [2.45, 2.75) is 35.9 Å². The van der Waals surface area contributed by atoms with Gasteiger partial charge in [-0.2, -0.15) is 0 Å². The molecule has 0 spiro atoms. The van der Waals surface area contributed by atoms with E-state index in [1.807, 2.05) is 0 Å². The van der Waals surface area contributed by atoms with Crippen LogP contribution in [0.25, 0.3) is 0 Å². The fourth-order valence-electron chi connectivity index (χ4n) is 6.71. The fourth-order valence-corrected chi connectivity index (χ4v) is 6.71. The third-order valence-electron chi connectivity index (χ3n) is 8.72. The maximum atomic E-state index is 16.3. The largest absolute Gasteiger partial charge is 0.478 e. The highest BCUT2D eigenvalue weighted by atomic mass is 19.1. The van der Waals surface area contributed by atoms with Gasteiger partial charge in [0.25, 0.3) is 0 Å². The van der Waals surface area contributed by atoms with Crippen LogP contribution in [0.5, 0.6) is 0 Å². The van der Waals surface area contributed by atoms with Gasteiger partial charge in [-0.1, -0.05) is 48.5 Å². The molecule has 4 aromatic rings. The third-order valence-corrected chi connectivity index (χ3v) is 8.72. The molecule has 0 amide bonds. The monoisotopic (exact) mass is 668 g/mol. The Kier molecular flexibility index (Phi) is 9.07. The molecule has 0 heterocycles. The van der Waals surface area contributed by atoms with Crippen LogP contribution in [0.3, 0.4) is 0 Å². The number of aliphatic hydroxyl groups is 2. The van der Waals surface area contributed by atoms with Crippen molar-refractivity contribution in [1.29, 1.82) is 0 Å². The van der Waals surface area contributed by atoms with E-state index >= 15 is 17.6 Å². The topological polar surface area (TPSA) is 190 Å². The van der Waals surface area contributed by atoms with Crippen molar-refractivity contribution in [2.24, 2.45) is 0 Å². The first kappa shape index (κ1) is 33.8. The molecule has 10 nitrogen and oxygen atoms in total. The fraction of sp³-hybridized carbons (Fsp3) is 0.176. The van der Waals surface area contributed by atoms with Crippen molar-refractivity contribution in [3.8, 4) is 0 Å². The quantitative estimate of drug-likeness (QED) is 0.136. The van der Waals surface area contributed by atoms with Crippen LogP contribution in [0.4, 0.5) is 17.6 Å². The molecule has 0 saturated heterocycles. The smallest absolute Gasteiger partial charge is 0.338 e. The van der Waals surface area contributed by atoms with Gasteiger partial charge in [-0.15, -0.1) is 0 Å². The van der Waals surface area contributed by atoms with Gasteiger partial charge in [0.05, 0.1) is 34.5 Å². The van der Waals surface area contributed by atoms with Gasteiger partial charge in [-0.25, -0.2) is 36.7 Å². The number of halogens is 4. The molecule has 6 N–H and O–H groups in total. The van der Waals surface area contributed by atoms with E-state index in [4.69, 9.17) is 0 Å². The van der Waals surface area contributed by atoms with Crippen LogP contribution in [0.1, 0.15) is 87.4 Å². The van der Waals surface area contributed by atoms with Gasteiger partial charge >= 0.3 is 23.9 Å². The highest BCUT2D eigenvalue weighted by Gasteiger charge is 2.54. The summed E-state index contributed by atoms with van der Waals surface area (Å²) in [7, 11) is 0. The van der Waals surface area contributed by atoms with Gasteiger partial charge < -0.3 is 30.6 Å². The molecule has 248 valence electrons. The molecule has 1 saturated carbocycles. The highest BCUT2D eigenvalue weighted by Crippen LogP contribution is 2.59. The Bertz CT molecular complexity index is 1840. The van der Waals surface area contributed by atoms with E-state index in [1.54, 1.807) is 0 Å². The first-order valence-corrected chi connectivity index (χ1v) is 14.1. The number of hydrogen-bond acceptors (Lipinski definition) is 6. The Balaban J connectivity index is 1.96. The normalized spacial score (nSPS) is 22.2. The molecule has 0 radical (unpaired) electrons. The minimum atomic E-state index is -2.25. The van der Waals surface area contributed by atoms with Crippen molar-refractivity contribution in [3.05, 3.63) is 141 Å². The molecular formula is C34H24F4O10. The van der Waals surface area contributed by atoms with Crippen molar-refractivity contribution in [2.75, 3.05) is 0 Å². The summed E-state index contributed by atoms with van der Waals surface area (Å²) in [5.74, 6) is -20.5. The molecule has 14 heteroatoms. The second-order valence-electron chi connectivity index (χ2n) is 11.1. The van der Waals surface area contributed by atoms with Crippen molar-refractivity contribution in [1.82, 2.24) is 0 Å². The molecule has 1 aliphatic carbocycles. The first-order chi connectivity index (χ1) is 22.7. The van der Waals surface area contributed by atoms with Crippen LogP contribution in [0.15, 0.2) is 72.8 Å². The SMILES string of the molecule is O=C(O)c1cccc([C@@H]2[C@H](c3cccc(C(=O)O)c3F)[C@H](c3cccc(C(=O)O)c3F)[C@H](O)[C@H](O)[C@@H]2c2cccc(C(=O)O)c2F)c1F. The van der Waals surface area contributed by atoms with Crippen molar-refractivity contribution in [3.63, 3.8) is 0 Å². The lowest BCUT2D eigenvalue weighted by Gasteiger charge is -2.49. The van der Waals surface area contributed by atoms with Gasteiger partial charge in [-0.3, -0.25) is 0 Å².